The lowest BCUT2D eigenvalue weighted by Gasteiger charge is -2.36. The van der Waals surface area contributed by atoms with Gasteiger partial charge in [-0.3, -0.25) is 9.59 Å². The summed E-state index contributed by atoms with van der Waals surface area (Å²) in [6.45, 7) is 2.57. The number of H-pyrrole nitrogens is 1. The fourth-order valence-electron chi connectivity index (χ4n) is 4.44. The molecule has 0 saturated carbocycles. The first kappa shape index (κ1) is 27.6. The highest BCUT2D eigenvalue weighted by Crippen LogP contribution is 2.33. The first-order valence-electron chi connectivity index (χ1n) is 11.7. The third-order valence-electron chi connectivity index (χ3n) is 6.31. The summed E-state index contributed by atoms with van der Waals surface area (Å²) in [5, 5.41) is 5.06. The van der Waals surface area contributed by atoms with E-state index in [-0.39, 0.29) is 24.5 Å². The van der Waals surface area contributed by atoms with E-state index in [0.717, 1.165) is 18.6 Å². The fourth-order valence-corrected chi connectivity index (χ4v) is 4.44. The lowest BCUT2D eigenvalue weighted by Crippen LogP contribution is -2.47. The van der Waals surface area contributed by atoms with Gasteiger partial charge in [0.2, 0.25) is 5.95 Å². The zero-order chi connectivity index (χ0) is 27.7. The third-order valence-corrected chi connectivity index (χ3v) is 6.31. The smallest absolute Gasteiger partial charge is 0.425 e. The number of aromatic nitrogens is 4. The number of aromatic amines is 1. The Morgan fingerprint density at radius 1 is 1.00 bits per heavy atom. The molecular weight excluding hydrogens is 526 g/mol. The second kappa shape index (κ2) is 10.7. The Balaban J connectivity index is 1.27. The van der Waals surface area contributed by atoms with E-state index in [1.54, 1.807) is 14.9 Å². The van der Waals surface area contributed by atoms with Crippen LogP contribution in [0.3, 0.4) is 0 Å². The number of nitrogens with one attached hydrogen (secondary N) is 1. The molecule has 2 aromatic rings. The van der Waals surface area contributed by atoms with Crippen LogP contribution in [0, 0.1) is 0 Å². The summed E-state index contributed by atoms with van der Waals surface area (Å²) in [5.41, 5.74) is -3.87. The molecule has 1 unspecified atom stereocenters. The molecule has 10 nitrogen and oxygen atoms in total. The molecule has 0 radical (unpaired) electrons. The molecule has 1 N–H and O–H groups in total. The lowest BCUT2D eigenvalue weighted by molar-refractivity contribution is -0.142. The van der Waals surface area contributed by atoms with Gasteiger partial charge in [0.25, 0.3) is 11.5 Å². The van der Waals surface area contributed by atoms with E-state index >= 15 is 0 Å². The van der Waals surface area contributed by atoms with Crippen molar-refractivity contribution in [3.05, 3.63) is 40.1 Å². The van der Waals surface area contributed by atoms with Crippen molar-refractivity contribution in [1.29, 1.82) is 0 Å². The number of alkyl halides is 6. The second-order valence-electron chi connectivity index (χ2n) is 8.99. The number of anilines is 1. The van der Waals surface area contributed by atoms with E-state index in [1.807, 2.05) is 0 Å². The quantitative estimate of drug-likeness (QED) is 0.524. The molecule has 2 atom stereocenters. The predicted molar refractivity (Wildman–Crippen MR) is 118 cm³/mol. The highest BCUT2D eigenvalue weighted by atomic mass is 19.4. The number of rotatable bonds is 7. The molecule has 4 heterocycles. The Bertz CT molecular complexity index is 1180. The minimum absolute atomic E-state index is 0.105. The monoisotopic (exact) mass is 550 g/mol. The molecule has 0 aliphatic carbocycles. The van der Waals surface area contributed by atoms with Crippen molar-refractivity contribution in [2.24, 2.45) is 0 Å². The maximum atomic E-state index is 13.2. The highest BCUT2D eigenvalue weighted by Gasteiger charge is 2.40. The molecule has 1 amide bonds. The standard InChI is InChI=1S/C22H24F6N6O4/c1-12(38-16-10-31-32-18(35)17(16)22(26,27)28)11-37-15-4-7-34(19(15)36)14-2-5-33(6-3-14)20-29-8-13(9-30-20)21(23,24)25/h8-10,12,14-15H,2-7,11H2,1H3,(H,32,35)/t12?,15-/m0/s1. The van der Waals surface area contributed by atoms with Crippen molar-refractivity contribution in [1.82, 2.24) is 25.1 Å². The predicted octanol–water partition coefficient (Wildman–Crippen LogP) is 2.65. The lowest BCUT2D eigenvalue weighted by atomic mass is 10.0. The summed E-state index contributed by atoms with van der Waals surface area (Å²) in [6.07, 6.45) is -7.44. The number of amides is 1. The molecule has 208 valence electrons. The van der Waals surface area contributed by atoms with Crippen molar-refractivity contribution >= 4 is 11.9 Å². The van der Waals surface area contributed by atoms with Crippen LogP contribution in [0.2, 0.25) is 0 Å². The summed E-state index contributed by atoms with van der Waals surface area (Å²) in [4.78, 5) is 35.5. The van der Waals surface area contributed by atoms with Crippen molar-refractivity contribution in [2.45, 2.75) is 56.8 Å². The number of hydrogen-bond acceptors (Lipinski definition) is 8. The first-order chi connectivity index (χ1) is 17.8. The maximum Gasteiger partial charge on any atom is 0.425 e. The number of halogens is 6. The number of nitrogens with zero attached hydrogens (tertiary/aromatic N) is 5. The van der Waals surface area contributed by atoms with E-state index in [1.165, 1.54) is 6.92 Å². The van der Waals surface area contributed by atoms with E-state index in [0.29, 0.717) is 38.9 Å². The summed E-state index contributed by atoms with van der Waals surface area (Å²) >= 11 is 0. The Kier molecular flexibility index (Phi) is 7.80. The average Bonchev–Trinajstić information content (AvgIpc) is 3.21. The van der Waals surface area contributed by atoms with Crippen LogP contribution in [0.15, 0.2) is 23.4 Å². The average molecular weight is 550 g/mol. The van der Waals surface area contributed by atoms with E-state index in [4.69, 9.17) is 9.47 Å². The zero-order valence-electron chi connectivity index (χ0n) is 20.1. The molecule has 4 rings (SSSR count). The molecule has 2 saturated heterocycles. The van der Waals surface area contributed by atoms with Gasteiger partial charge in [-0.05, 0) is 19.8 Å². The molecule has 2 aromatic heterocycles. The van der Waals surface area contributed by atoms with Crippen LogP contribution >= 0.6 is 0 Å². The van der Waals surface area contributed by atoms with Gasteiger partial charge in [0.05, 0.1) is 18.4 Å². The molecular formula is C22H24F6N6O4. The van der Waals surface area contributed by atoms with Gasteiger partial charge >= 0.3 is 12.4 Å². The highest BCUT2D eigenvalue weighted by molar-refractivity contribution is 5.83. The second-order valence-corrected chi connectivity index (χ2v) is 8.99. The normalized spacial score (nSPS) is 20.2. The van der Waals surface area contributed by atoms with Crippen LogP contribution < -0.4 is 15.2 Å². The summed E-state index contributed by atoms with van der Waals surface area (Å²) in [7, 11) is 0. The summed E-state index contributed by atoms with van der Waals surface area (Å²) in [6, 6.07) is -0.105. The molecule has 0 spiro atoms. The van der Waals surface area contributed by atoms with Crippen LogP contribution in [-0.4, -0.2) is 75.5 Å². The van der Waals surface area contributed by atoms with Gasteiger partial charge in [0.1, 0.15) is 12.2 Å². The van der Waals surface area contributed by atoms with Crippen molar-refractivity contribution in [3.8, 4) is 5.75 Å². The van der Waals surface area contributed by atoms with Gasteiger partial charge in [-0.15, -0.1) is 0 Å². The number of likely N-dealkylation sites (tertiary alicyclic amines) is 1. The number of carbonyl (C=O) groups is 1. The van der Waals surface area contributed by atoms with Crippen molar-refractivity contribution < 1.29 is 40.6 Å². The van der Waals surface area contributed by atoms with E-state index < -0.39 is 47.0 Å². The molecule has 38 heavy (non-hydrogen) atoms. The molecule has 0 bridgehead atoms. The van der Waals surface area contributed by atoms with Crippen LogP contribution in [0.1, 0.15) is 37.3 Å². The van der Waals surface area contributed by atoms with Gasteiger partial charge < -0.3 is 19.3 Å². The third kappa shape index (κ3) is 6.16. The Morgan fingerprint density at radius 3 is 2.26 bits per heavy atom. The van der Waals surface area contributed by atoms with Gasteiger partial charge in [-0.25, -0.2) is 15.1 Å². The summed E-state index contributed by atoms with van der Waals surface area (Å²) < 4.78 is 88.6. The van der Waals surface area contributed by atoms with Gasteiger partial charge in [-0.1, -0.05) is 0 Å². The van der Waals surface area contributed by atoms with E-state index in [2.05, 4.69) is 15.1 Å². The summed E-state index contributed by atoms with van der Waals surface area (Å²) in [5.74, 6) is -0.806. The number of ether oxygens (including phenoxy) is 2. The molecule has 0 aromatic carbocycles. The minimum Gasteiger partial charge on any atom is -0.486 e. The van der Waals surface area contributed by atoms with E-state index in [9.17, 15) is 35.9 Å². The Labute approximate surface area is 211 Å². The first-order valence-corrected chi connectivity index (χ1v) is 11.7. The number of carbonyl (C=O) groups excluding carboxylic acids is 1. The van der Waals surface area contributed by atoms with Crippen LogP contribution in [-0.2, 0) is 21.9 Å². The van der Waals surface area contributed by atoms with Crippen LogP contribution in [0.4, 0.5) is 32.3 Å². The minimum atomic E-state index is -4.94. The van der Waals surface area contributed by atoms with Gasteiger partial charge in [0.15, 0.2) is 11.3 Å². The van der Waals surface area contributed by atoms with Crippen LogP contribution in [0.25, 0.3) is 0 Å². The molecule has 2 fully saturated rings. The van der Waals surface area contributed by atoms with Gasteiger partial charge in [-0.2, -0.15) is 31.4 Å². The molecule has 2 aliphatic heterocycles. The maximum absolute atomic E-state index is 13.2. The fraction of sp³-hybridized carbons (Fsp3) is 0.591. The van der Waals surface area contributed by atoms with Gasteiger partial charge in [0, 0.05) is 44.5 Å². The topological polar surface area (TPSA) is 114 Å². The molecule has 2 aliphatic rings. The number of piperidine rings is 1. The molecule has 16 heteroatoms. The SMILES string of the molecule is CC(CO[C@H]1CCN(C2CCN(c3ncc(C(F)(F)F)cn3)CC2)C1=O)Oc1cn[nH]c(=O)c1C(F)(F)F. The number of hydrogen-bond donors (Lipinski definition) is 1. The van der Waals surface area contributed by atoms with Crippen LogP contribution in [0.5, 0.6) is 5.75 Å². The zero-order valence-corrected chi connectivity index (χ0v) is 20.1. The largest absolute Gasteiger partial charge is 0.486 e. The van der Waals surface area contributed by atoms with Crippen molar-refractivity contribution in [3.63, 3.8) is 0 Å². The van der Waals surface area contributed by atoms with Crippen molar-refractivity contribution in [2.75, 3.05) is 31.1 Å². The Hall–Kier alpha value is -3.43. The Morgan fingerprint density at radius 2 is 1.66 bits per heavy atom.